The molecular formula is C30H42F4O2. The number of ether oxygens (including phenoxy) is 1. The second kappa shape index (κ2) is 12.3. The van der Waals surface area contributed by atoms with Gasteiger partial charge in [0.05, 0.1) is 11.5 Å². The van der Waals surface area contributed by atoms with E-state index >= 15 is 0 Å². The highest BCUT2D eigenvalue weighted by atomic mass is 19.4. The van der Waals surface area contributed by atoms with Gasteiger partial charge >= 0.3 is 12.1 Å². The first-order valence-electron chi connectivity index (χ1n) is 14.3. The predicted octanol–water partition coefficient (Wildman–Crippen LogP) is 9.36. The summed E-state index contributed by atoms with van der Waals surface area (Å²) in [5, 5.41) is 0. The molecule has 0 radical (unpaired) electrons. The van der Waals surface area contributed by atoms with Crippen LogP contribution >= 0.6 is 0 Å². The summed E-state index contributed by atoms with van der Waals surface area (Å²) in [5.74, 6) is 0.894. The number of benzene rings is 1. The van der Waals surface area contributed by atoms with Gasteiger partial charge in [-0.3, -0.25) is 4.79 Å². The Bertz CT molecular complexity index is 859. The van der Waals surface area contributed by atoms with Gasteiger partial charge in [0.15, 0.2) is 11.6 Å². The lowest BCUT2D eigenvalue weighted by molar-refractivity contribution is -0.144. The number of carbonyl (C=O) groups is 1. The topological polar surface area (TPSA) is 26.3 Å². The molecule has 36 heavy (non-hydrogen) atoms. The largest absolute Gasteiger partial charge is 0.423 e. The van der Waals surface area contributed by atoms with E-state index in [9.17, 15) is 22.4 Å². The summed E-state index contributed by atoms with van der Waals surface area (Å²) in [6.07, 6.45) is 13.7. The van der Waals surface area contributed by atoms with Gasteiger partial charge in [0.1, 0.15) is 0 Å². The average molecular weight is 511 g/mol. The van der Waals surface area contributed by atoms with E-state index in [4.69, 9.17) is 4.74 Å². The van der Waals surface area contributed by atoms with Gasteiger partial charge in [0.2, 0.25) is 0 Å². The Labute approximate surface area is 213 Å². The van der Waals surface area contributed by atoms with Crippen LogP contribution in [0.3, 0.4) is 0 Å². The Balaban J connectivity index is 1.28. The monoisotopic (exact) mass is 510 g/mol. The molecule has 1 aromatic rings. The summed E-state index contributed by atoms with van der Waals surface area (Å²) in [6, 6.07) is 2.09. The zero-order valence-corrected chi connectivity index (χ0v) is 21.6. The Morgan fingerprint density at radius 3 is 2.36 bits per heavy atom. The molecule has 0 aromatic heterocycles. The highest BCUT2D eigenvalue weighted by molar-refractivity contribution is 5.75. The molecule has 0 bridgehead atoms. The van der Waals surface area contributed by atoms with Crippen LogP contribution in [0.4, 0.5) is 17.6 Å². The van der Waals surface area contributed by atoms with Crippen molar-refractivity contribution in [2.24, 2.45) is 35.5 Å². The van der Waals surface area contributed by atoms with Crippen LogP contribution < -0.4 is 4.74 Å². The molecule has 4 atom stereocenters. The molecule has 3 aliphatic carbocycles. The zero-order chi connectivity index (χ0) is 25.7. The van der Waals surface area contributed by atoms with Crippen molar-refractivity contribution < 1.29 is 27.1 Å². The van der Waals surface area contributed by atoms with Crippen molar-refractivity contribution in [3.8, 4) is 5.75 Å². The number of alkyl halides is 3. The molecule has 1 aromatic carbocycles. The molecule has 4 rings (SSSR count). The number of halogens is 4. The first-order valence-corrected chi connectivity index (χ1v) is 14.3. The fourth-order valence-electron chi connectivity index (χ4n) is 7.47. The van der Waals surface area contributed by atoms with Gasteiger partial charge in [-0.2, -0.15) is 13.2 Å². The van der Waals surface area contributed by atoms with Gasteiger partial charge in [-0.1, -0.05) is 64.7 Å². The third-order valence-corrected chi connectivity index (χ3v) is 9.49. The summed E-state index contributed by atoms with van der Waals surface area (Å²) in [4.78, 5) is 13.0. The van der Waals surface area contributed by atoms with Crippen molar-refractivity contribution in [1.29, 1.82) is 0 Å². The van der Waals surface area contributed by atoms with Crippen molar-refractivity contribution in [2.75, 3.05) is 0 Å². The molecular weight excluding hydrogens is 468 g/mol. The molecule has 0 spiro atoms. The van der Waals surface area contributed by atoms with Gasteiger partial charge in [-0.15, -0.1) is 0 Å². The molecule has 3 aliphatic rings. The van der Waals surface area contributed by atoms with E-state index in [1.807, 2.05) is 0 Å². The fraction of sp³-hybridized carbons (Fsp3) is 0.767. The first kappa shape index (κ1) is 27.4. The number of hydrogen-bond acceptors (Lipinski definition) is 2. The number of esters is 1. The third-order valence-electron chi connectivity index (χ3n) is 9.49. The van der Waals surface area contributed by atoms with Gasteiger partial charge < -0.3 is 4.74 Å². The van der Waals surface area contributed by atoms with Crippen molar-refractivity contribution in [3.63, 3.8) is 0 Å². The van der Waals surface area contributed by atoms with Gasteiger partial charge in [0.25, 0.3) is 0 Å². The van der Waals surface area contributed by atoms with Crippen molar-refractivity contribution in [1.82, 2.24) is 0 Å². The number of rotatable bonds is 8. The predicted molar refractivity (Wildman–Crippen MR) is 133 cm³/mol. The Kier molecular flexibility index (Phi) is 9.38. The van der Waals surface area contributed by atoms with E-state index in [1.165, 1.54) is 64.2 Å². The Morgan fingerprint density at radius 1 is 0.917 bits per heavy atom. The lowest BCUT2D eigenvalue weighted by Crippen LogP contribution is -2.40. The van der Waals surface area contributed by atoms with E-state index in [-0.39, 0.29) is 11.8 Å². The average Bonchev–Trinajstić information content (AvgIpc) is 2.87. The highest BCUT2D eigenvalue weighted by Crippen LogP contribution is 2.50. The van der Waals surface area contributed by atoms with Crippen LogP contribution in [0.15, 0.2) is 18.2 Å². The van der Waals surface area contributed by atoms with Crippen molar-refractivity contribution in [2.45, 2.75) is 109 Å². The standard InChI is InChI=1S/C30H42F4O2/c1-2-3-4-5-7-20-10-12-21(13-11-20)22-14-16-25-23(18-22)8-6-9-26(25)29(35)36-28-17-15-24(19-27(28)31)30(32,33)34/h15,17,19-23,25-26H,2-14,16,18H2,1H3. The van der Waals surface area contributed by atoms with Gasteiger partial charge in [-0.05, 0) is 86.3 Å². The lowest BCUT2D eigenvalue weighted by atomic mass is 9.59. The molecule has 0 amide bonds. The van der Waals surface area contributed by atoms with E-state index in [2.05, 4.69) is 6.92 Å². The molecule has 3 saturated carbocycles. The molecule has 2 nitrogen and oxygen atoms in total. The number of unbranched alkanes of at least 4 members (excludes halogenated alkanes) is 3. The molecule has 0 saturated heterocycles. The molecule has 202 valence electrons. The summed E-state index contributed by atoms with van der Waals surface area (Å²) in [6.45, 7) is 2.26. The molecule has 0 heterocycles. The van der Waals surface area contributed by atoms with E-state index < -0.39 is 29.3 Å². The Morgan fingerprint density at radius 2 is 1.67 bits per heavy atom. The molecule has 6 heteroatoms. The zero-order valence-electron chi connectivity index (χ0n) is 21.6. The number of hydrogen-bond donors (Lipinski definition) is 0. The van der Waals surface area contributed by atoms with Crippen LogP contribution in [-0.2, 0) is 11.0 Å². The third kappa shape index (κ3) is 6.83. The Hall–Kier alpha value is -1.59. The van der Waals surface area contributed by atoms with Crippen molar-refractivity contribution >= 4 is 5.97 Å². The smallest absolute Gasteiger partial charge is 0.416 e. The minimum absolute atomic E-state index is 0.245. The van der Waals surface area contributed by atoms with Crippen LogP contribution in [0, 0.1) is 41.3 Å². The van der Waals surface area contributed by atoms with Gasteiger partial charge in [-0.25, -0.2) is 4.39 Å². The summed E-state index contributed by atoms with van der Waals surface area (Å²) >= 11 is 0. The number of fused-ring (bicyclic) bond motifs is 1. The maximum absolute atomic E-state index is 14.3. The maximum atomic E-state index is 14.3. The van der Waals surface area contributed by atoms with E-state index in [0.29, 0.717) is 12.0 Å². The SMILES string of the molecule is CCCCCCC1CCC(C2CCC3C(CCCC3C(=O)Oc3ccc(C(F)(F)F)cc3F)C2)CC1. The van der Waals surface area contributed by atoms with Crippen molar-refractivity contribution in [3.05, 3.63) is 29.6 Å². The second-order valence-corrected chi connectivity index (χ2v) is 11.7. The summed E-state index contributed by atoms with van der Waals surface area (Å²) < 4.78 is 58.0. The van der Waals surface area contributed by atoms with E-state index in [0.717, 1.165) is 62.0 Å². The lowest BCUT2D eigenvalue weighted by Gasteiger charge is -2.46. The van der Waals surface area contributed by atoms with E-state index in [1.54, 1.807) is 0 Å². The summed E-state index contributed by atoms with van der Waals surface area (Å²) in [5.41, 5.74) is -1.08. The maximum Gasteiger partial charge on any atom is 0.416 e. The van der Waals surface area contributed by atoms with Crippen LogP contribution in [0.1, 0.15) is 109 Å². The van der Waals surface area contributed by atoms with Gasteiger partial charge in [0, 0.05) is 0 Å². The minimum Gasteiger partial charge on any atom is -0.423 e. The molecule has 0 N–H and O–H groups in total. The first-order chi connectivity index (χ1) is 17.3. The van der Waals surface area contributed by atoms with Crippen LogP contribution in [0.5, 0.6) is 5.75 Å². The normalized spacial score (nSPS) is 31.0. The molecule has 3 fully saturated rings. The summed E-state index contributed by atoms with van der Waals surface area (Å²) in [7, 11) is 0. The molecule has 4 unspecified atom stereocenters. The van der Waals surface area contributed by atoms with Crippen LogP contribution in [-0.4, -0.2) is 5.97 Å². The highest BCUT2D eigenvalue weighted by Gasteiger charge is 2.43. The quantitative estimate of drug-likeness (QED) is 0.151. The minimum atomic E-state index is -4.63. The molecule has 0 aliphatic heterocycles. The fourth-order valence-corrected chi connectivity index (χ4v) is 7.47. The van der Waals surface area contributed by atoms with Crippen LogP contribution in [0.25, 0.3) is 0 Å². The number of carbonyl (C=O) groups excluding carboxylic acids is 1. The van der Waals surface area contributed by atoms with Crippen LogP contribution in [0.2, 0.25) is 0 Å². The second-order valence-electron chi connectivity index (χ2n) is 11.7.